The summed E-state index contributed by atoms with van der Waals surface area (Å²) < 4.78 is 66.8. The maximum absolute atomic E-state index is 11.1. The van der Waals surface area contributed by atoms with Gasteiger partial charge in [0.05, 0.1) is 0 Å². The van der Waals surface area contributed by atoms with Crippen molar-refractivity contribution in [2.24, 2.45) is 0 Å². The van der Waals surface area contributed by atoms with Gasteiger partial charge < -0.3 is 0 Å². The molecule has 0 aliphatic rings. The van der Waals surface area contributed by atoms with E-state index in [2.05, 4.69) is 0 Å². The van der Waals surface area contributed by atoms with Gasteiger partial charge in [0.15, 0.2) is 0 Å². The highest BCUT2D eigenvalue weighted by atomic mass is 79.9. The molecule has 0 N–H and O–H groups in total. The monoisotopic (exact) mass is 229 g/mol. The molecule has 0 bridgehead atoms. The summed E-state index contributed by atoms with van der Waals surface area (Å²) in [5.74, 6) is 0. The van der Waals surface area contributed by atoms with E-state index in [0.717, 1.165) is 0 Å². The third kappa shape index (κ3) is 2.76. The zero-order valence-electron chi connectivity index (χ0n) is 4.15. The fraction of sp³-hybridized carbons (Fsp3) is 0.667. The molecule has 0 heterocycles. The first-order chi connectivity index (χ1) is 4.15. The third-order valence-corrected chi connectivity index (χ3v) is 1.40. The van der Waals surface area contributed by atoms with Gasteiger partial charge in [-0.05, 0) is 0 Å². The summed E-state index contributed by atoms with van der Waals surface area (Å²) in [6.07, 6.45) is -10.7. The van der Waals surface area contributed by atoms with Gasteiger partial charge in [0.1, 0.15) is 0 Å². The molecule has 1 radical (unpaired) electrons. The average molecular weight is 230 g/mol. The second kappa shape index (κ2) is 2.60. The summed E-state index contributed by atoms with van der Waals surface area (Å²) in [6.45, 7) is 0. The molecule has 7 heteroatoms. The van der Waals surface area contributed by atoms with Gasteiger partial charge in [0, 0.05) is 0 Å². The molecule has 0 atom stereocenters. The molecule has 10 heavy (non-hydrogen) atoms. The van der Waals surface area contributed by atoms with Crippen molar-refractivity contribution in [1.29, 1.82) is 0 Å². The molecule has 0 nitrogen and oxygen atoms in total. The van der Waals surface area contributed by atoms with Crippen LogP contribution in [0.25, 0.3) is 0 Å². The van der Waals surface area contributed by atoms with Gasteiger partial charge in [0.25, 0.3) is 0 Å². The Morgan fingerprint density at radius 1 is 0.800 bits per heavy atom. The molecule has 0 aliphatic heterocycles. The smallest absolute Gasteiger partial charge is 0.169 e. The van der Waals surface area contributed by atoms with Crippen molar-refractivity contribution < 1.29 is 26.3 Å². The SMILES string of the molecule is FC(F)(F)[C](Br)C(F)(F)F. The predicted octanol–water partition coefficient (Wildman–Crippen LogP) is 3.04. The van der Waals surface area contributed by atoms with E-state index in [1.54, 1.807) is 0 Å². The summed E-state index contributed by atoms with van der Waals surface area (Å²) in [7, 11) is 0. The van der Waals surface area contributed by atoms with E-state index in [0.29, 0.717) is 0 Å². The molecule has 0 fully saturated rings. The van der Waals surface area contributed by atoms with E-state index in [4.69, 9.17) is 0 Å². The Morgan fingerprint density at radius 3 is 1.00 bits per heavy atom. The second-order valence-corrected chi connectivity index (χ2v) is 2.10. The minimum atomic E-state index is -5.35. The largest absolute Gasteiger partial charge is 0.414 e. The number of rotatable bonds is 0. The van der Waals surface area contributed by atoms with Crippen LogP contribution in [0.2, 0.25) is 0 Å². The lowest BCUT2D eigenvalue weighted by molar-refractivity contribution is -0.185. The number of hydrogen-bond donors (Lipinski definition) is 0. The molecule has 0 amide bonds. The van der Waals surface area contributed by atoms with Gasteiger partial charge in [-0.3, -0.25) is 0 Å². The van der Waals surface area contributed by atoms with Gasteiger partial charge in [-0.1, -0.05) is 15.9 Å². The quantitative estimate of drug-likeness (QED) is 0.561. The summed E-state index contributed by atoms with van der Waals surface area (Å²) in [6, 6.07) is 0. The normalized spacial score (nSPS) is 14.4. The Kier molecular flexibility index (Phi) is 2.61. The van der Waals surface area contributed by atoms with Gasteiger partial charge in [-0.25, -0.2) is 0 Å². The van der Waals surface area contributed by atoms with Crippen LogP contribution >= 0.6 is 15.9 Å². The lowest BCUT2D eigenvalue weighted by atomic mass is 10.4. The molecule has 0 aromatic carbocycles. The van der Waals surface area contributed by atoms with E-state index in [1.807, 2.05) is 0 Å². The molecule has 0 rings (SSSR count). The van der Waals surface area contributed by atoms with Crippen LogP contribution in [0.4, 0.5) is 26.3 Å². The fourth-order valence-corrected chi connectivity index (χ4v) is 0.161. The minimum absolute atomic E-state index is 1.39. The van der Waals surface area contributed by atoms with Crippen LogP contribution in [0.15, 0.2) is 0 Å². The number of halogens is 7. The van der Waals surface area contributed by atoms with Crippen LogP contribution in [0.3, 0.4) is 0 Å². The standard InChI is InChI=1S/C3BrF6/c4-1(2(5,6)7)3(8,9)10. The first-order valence-corrected chi connectivity index (χ1v) is 2.62. The summed E-state index contributed by atoms with van der Waals surface area (Å²) in [5, 5.41) is 0. The van der Waals surface area contributed by atoms with Crippen LogP contribution in [0.1, 0.15) is 0 Å². The zero-order valence-corrected chi connectivity index (χ0v) is 5.73. The summed E-state index contributed by atoms with van der Waals surface area (Å²) in [4.78, 5) is -2.62. The van der Waals surface area contributed by atoms with Crippen LogP contribution in [-0.4, -0.2) is 12.4 Å². The average Bonchev–Trinajstić information content (AvgIpc) is 1.59. The van der Waals surface area contributed by atoms with E-state index < -0.39 is 17.2 Å². The Morgan fingerprint density at radius 2 is 1.00 bits per heavy atom. The van der Waals surface area contributed by atoms with E-state index >= 15 is 0 Å². The molecule has 0 saturated carbocycles. The first-order valence-electron chi connectivity index (χ1n) is 1.82. The molecular weight excluding hydrogens is 230 g/mol. The Labute approximate surface area is 60.3 Å². The fourth-order valence-electron chi connectivity index (χ4n) is 0.161. The van der Waals surface area contributed by atoms with Gasteiger partial charge in [0.2, 0.25) is 4.83 Å². The zero-order chi connectivity index (χ0) is 8.58. The highest BCUT2D eigenvalue weighted by molar-refractivity contribution is 9.11. The predicted molar refractivity (Wildman–Crippen MR) is 24.3 cm³/mol. The van der Waals surface area contributed by atoms with Crippen molar-refractivity contribution in [3.63, 3.8) is 0 Å². The topological polar surface area (TPSA) is 0 Å². The van der Waals surface area contributed by atoms with Crippen molar-refractivity contribution in [2.75, 3.05) is 0 Å². The number of hydrogen-bond acceptors (Lipinski definition) is 0. The highest BCUT2D eigenvalue weighted by Crippen LogP contribution is 2.44. The molecule has 0 unspecified atom stereocenters. The molecule has 0 saturated heterocycles. The molecule has 0 aliphatic carbocycles. The van der Waals surface area contributed by atoms with Gasteiger partial charge in [-0.2, -0.15) is 26.3 Å². The van der Waals surface area contributed by atoms with Crippen LogP contribution in [-0.2, 0) is 0 Å². The maximum atomic E-state index is 11.1. The molecular formula is C3BrF6. The van der Waals surface area contributed by atoms with Gasteiger partial charge >= 0.3 is 12.4 Å². The molecule has 0 spiro atoms. The number of alkyl halides is 6. The third-order valence-electron chi connectivity index (χ3n) is 0.498. The van der Waals surface area contributed by atoms with Crippen molar-refractivity contribution in [2.45, 2.75) is 12.4 Å². The van der Waals surface area contributed by atoms with E-state index in [-0.39, 0.29) is 0 Å². The van der Waals surface area contributed by atoms with Crippen molar-refractivity contribution in [1.82, 2.24) is 0 Å². The summed E-state index contributed by atoms with van der Waals surface area (Å²) in [5.41, 5.74) is 0. The van der Waals surface area contributed by atoms with Crippen molar-refractivity contribution in [3.8, 4) is 0 Å². The maximum Gasteiger partial charge on any atom is 0.414 e. The van der Waals surface area contributed by atoms with Crippen LogP contribution in [0.5, 0.6) is 0 Å². The Balaban J connectivity index is 4.23. The minimum Gasteiger partial charge on any atom is -0.169 e. The first kappa shape index (κ1) is 10.1. The second-order valence-electron chi connectivity index (χ2n) is 1.31. The van der Waals surface area contributed by atoms with E-state index in [9.17, 15) is 26.3 Å². The van der Waals surface area contributed by atoms with Crippen LogP contribution in [0, 0.1) is 4.83 Å². The lowest BCUT2D eigenvalue weighted by Crippen LogP contribution is -2.29. The summed E-state index contributed by atoms with van der Waals surface area (Å²) >= 11 is 1.39. The lowest BCUT2D eigenvalue weighted by Gasteiger charge is -2.14. The molecule has 0 aromatic rings. The van der Waals surface area contributed by atoms with Gasteiger partial charge in [-0.15, -0.1) is 0 Å². The van der Waals surface area contributed by atoms with E-state index in [1.165, 1.54) is 15.9 Å². The Hall–Kier alpha value is 0.0600. The molecule has 0 aromatic heterocycles. The van der Waals surface area contributed by atoms with Crippen molar-refractivity contribution >= 4 is 15.9 Å². The highest BCUT2D eigenvalue weighted by Gasteiger charge is 2.56. The van der Waals surface area contributed by atoms with Crippen LogP contribution < -0.4 is 0 Å². The van der Waals surface area contributed by atoms with Crippen molar-refractivity contribution in [3.05, 3.63) is 4.83 Å². The Bertz CT molecular complexity index is 97.1. The molecule has 61 valence electrons.